The minimum Gasteiger partial charge on any atom is -0.748 e. The van der Waals surface area contributed by atoms with Gasteiger partial charge in [-0.3, -0.25) is 4.79 Å². The molecule has 142 valence electrons. The van der Waals surface area contributed by atoms with Gasteiger partial charge in [-0.15, -0.1) is 0 Å². The highest BCUT2D eigenvalue weighted by Crippen LogP contribution is 2.28. The van der Waals surface area contributed by atoms with Crippen molar-refractivity contribution in [3.05, 3.63) is 0 Å². The van der Waals surface area contributed by atoms with Gasteiger partial charge < -0.3 is 25.0 Å². The Morgan fingerprint density at radius 3 is 2.29 bits per heavy atom. The molecule has 0 aliphatic carbocycles. The standard InChI is InChI=1S/C12H24N2O8S2/c1-12(9-23(18,19)8-10(12)24(20,21)22)13-11(17)2-3-14(4-6-15)5-7-16/h10,15-16H,2-9H2,1H3,(H,13,17)(H,20,21,22)/t10-,12+/m0/s1. The van der Waals surface area contributed by atoms with E-state index in [-0.39, 0.29) is 26.2 Å². The predicted molar refractivity (Wildman–Crippen MR) is 83.0 cm³/mol. The van der Waals surface area contributed by atoms with E-state index in [2.05, 4.69) is 5.32 Å². The quantitative estimate of drug-likeness (QED) is 0.287. The average molecular weight is 388 g/mol. The van der Waals surface area contributed by atoms with E-state index in [1.54, 1.807) is 0 Å². The molecule has 0 aromatic heterocycles. The summed E-state index contributed by atoms with van der Waals surface area (Å²) in [6.45, 7) is 1.92. The maximum atomic E-state index is 12.1. The highest BCUT2D eigenvalue weighted by atomic mass is 32.2. The number of aliphatic hydroxyl groups is 2. The van der Waals surface area contributed by atoms with Crippen LogP contribution in [0.15, 0.2) is 0 Å². The Bertz CT molecular complexity index is 642. The Balaban J connectivity index is 2.76. The number of nitrogens with one attached hydrogen (secondary N) is 2. The molecule has 10 nitrogen and oxygen atoms in total. The van der Waals surface area contributed by atoms with E-state index in [1.165, 1.54) is 6.92 Å². The zero-order valence-corrected chi connectivity index (χ0v) is 15.0. The van der Waals surface area contributed by atoms with Crippen molar-refractivity contribution in [2.45, 2.75) is 24.1 Å². The van der Waals surface area contributed by atoms with Gasteiger partial charge in [-0.2, -0.15) is 0 Å². The molecule has 4 N–H and O–H groups in total. The van der Waals surface area contributed by atoms with Crippen molar-refractivity contribution in [1.29, 1.82) is 0 Å². The molecule has 24 heavy (non-hydrogen) atoms. The van der Waals surface area contributed by atoms with Gasteiger partial charge in [0.25, 0.3) is 0 Å². The van der Waals surface area contributed by atoms with Gasteiger partial charge in [0.15, 0.2) is 9.84 Å². The molecule has 12 heteroatoms. The topological polar surface area (TPSA) is 165 Å². The Labute approximate surface area is 141 Å². The van der Waals surface area contributed by atoms with Gasteiger partial charge in [-0.1, -0.05) is 0 Å². The SMILES string of the molecule is C[C@@]1(NC(=O)CC[NH+](CCO)CCO)CS(=O)(=O)C[C@@H]1S(=O)(=O)[O-]. The number of carbonyl (C=O) groups excluding carboxylic acids is 1. The first-order valence-corrected chi connectivity index (χ1v) is 10.7. The van der Waals surface area contributed by atoms with Crippen LogP contribution in [0.5, 0.6) is 0 Å². The number of carbonyl (C=O) groups is 1. The summed E-state index contributed by atoms with van der Waals surface area (Å²) in [5.41, 5.74) is -1.66. The third-order valence-corrected chi connectivity index (χ3v) is 7.52. The van der Waals surface area contributed by atoms with Crippen LogP contribution >= 0.6 is 0 Å². The van der Waals surface area contributed by atoms with Gasteiger partial charge in [0.1, 0.15) is 23.2 Å². The molecule has 0 aromatic carbocycles. The lowest BCUT2D eigenvalue weighted by Gasteiger charge is -2.32. The van der Waals surface area contributed by atoms with Crippen LogP contribution in [0.1, 0.15) is 13.3 Å². The molecule has 0 aromatic rings. The molecule has 1 aliphatic heterocycles. The minimum atomic E-state index is -4.89. The third-order valence-electron chi connectivity index (χ3n) is 4.05. The maximum absolute atomic E-state index is 12.1. The first-order chi connectivity index (χ1) is 10.9. The van der Waals surface area contributed by atoms with E-state index < -0.39 is 48.2 Å². The van der Waals surface area contributed by atoms with Gasteiger partial charge in [0, 0.05) is 0 Å². The Morgan fingerprint density at radius 1 is 1.29 bits per heavy atom. The fourth-order valence-corrected chi connectivity index (χ4v) is 7.21. The average Bonchev–Trinajstić information content (AvgIpc) is 2.66. The molecule has 1 fully saturated rings. The number of hydrogen-bond acceptors (Lipinski definition) is 8. The molecule has 0 radical (unpaired) electrons. The molecule has 1 saturated heterocycles. The van der Waals surface area contributed by atoms with Crippen LogP contribution in [0.3, 0.4) is 0 Å². The summed E-state index contributed by atoms with van der Waals surface area (Å²) in [4.78, 5) is 12.8. The van der Waals surface area contributed by atoms with Crippen molar-refractivity contribution in [2.75, 3.05) is 44.4 Å². The van der Waals surface area contributed by atoms with Crippen LogP contribution < -0.4 is 10.2 Å². The molecular formula is C12H24N2O8S2. The zero-order chi connectivity index (χ0) is 18.6. The molecule has 0 bridgehead atoms. The molecule has 1 aliphatic rings. The van der Waals surface area contributed by atoms with Crippen molar-refractivity contribution in [3.63, 3.8) is 0 Å². The van der Waals surface area contributed by atoms with Crippen LogP contribution in [0.4, 0.5) is 0 Å². The first-order valence-electron chi connectivity index (χ1n) is 7.45. The Morgan fingerprint density at radius 2 is 1.83 bits per heavy atom. The highest BCUT2D eigenvalue weighted by molar-refractivity contribution is 7.94. The van der Waals surface area contributed by atoms with Crippen molar-refractivity contribution < 1.29 is 41.3 Å². The van der Waals surface area contributed by atoms with Crippen LogP contribution in [0, 0.1) is 0 Å². The fraction of sp³-hybridized carbons (Fsp3) is 0.917. The van der Waals surface area contributed by atoms with Gasteiger partial charge in [0.05, 0.1) is 48.5 Å². The molecular weight excluding hydrogens is 364 g/mol. The van der Waals surface area contributed by atoms with E-state index in [1.807, 2.05) is 0 Å². The third kappa shape index (κ3) is 5.93. The van der Waals surface area contributed by atoms with Gasteiger partial charge in [0.2, 0.25) is 5.91 Å². The van der Waals surface area contributed by atoms with E-state index in [0.717, 1.165) is 4.90 Å². The molecule has 0 saturated carbocycles. The molecule has 2 atom stereocenters. The maximum Gasteiger partial charge on any atom is 0.226 e. The predicted octanol–water partition coefficient (Wildman–Crippen LogP) is -4.54. The van der Waals surface area contributed by atoms with Crippen molar-refractivity contribution in [2.24, 2.45) is 0 Å². The lowest BCUT2D eigenvalue weighted by molar-refractivity contribution is -0.900. The van der Waals surface area contributed by atoms with Crippen LogP contribution in [0.25, 0.3) is 0 Å². The summed E-state index contributed by atoms with van der Waals surface area (Å²) in [5, 5.41) is 18.5. The van der Waals surface area contributed by atoms with E-state index >= 15 is 0 Å². The number of quaternary nitrogens is 1. The number of amides is 1. The molecule has 1 rings (SSSR count). The molecule has 1 heterocycles. The minimum absolute atomic E-state index is 0.0589. The van der Waals surface area contributed by atoms with Gasteiger partial charge >= 0.3 is 0 Å². The van der Waals surface area contributed by atoms with Crippen molar-refractivity contribution in [1.82, 2.24) is 5.32 Å². The normalized spacial score (nSPS) is 26.6. The number of hydrogen-bond donors (Lipinski definition) is 4. The van der Waals surface area contributed by atoms with Crippen LogP contribution in [0.2, 0.25) is 0 Å². The summed E-state index contributed by atoms with van der Waals surface area (Å²) < 4.78 is 57.4. The summed E-state index contributed by atoms with van der Waals surface area (Å²) in [5.74, 6) is -2.00. The van der Waals surface area contributed by atoms with Crippen LogP contribution in [-0.2, 0) is 24.7 Å². The van der Waals surface area contributed by atoms with Gasteiger partial charge in [-0.25, -0.2) is 16.8 Å². The lowest BCUT2D eigenvalue weighted by Crippen LogP contribution is -3.13. The lowest BCUT2D eigenvalue weighted by atomic mass is 10.0. The molecule has 1 amide bonds. The van der Waals surface area contributed by atoms with E-state index in [4.69, 9.17) is 10.2 Å². The number of sulfone groups is 1. The highest BCUT2D eigenvalue weighted by Gasteiger charge is 2.51. The van der Waals surface area contributed by atoms with E-state index in [9.17, 15) is 26.2 Å². The fourth-order valence-electron chi connectivity index (χ4n) is 2.90. The summed E-state index contributed by atoms with van der Waals surface area (Å²) >= 11 is 0. The second-order valence-corrected chi connectivity index (χ2v) is 9.86. The van der Waals surface area contributed by atoms with Crippen LogP contribution in [-0.4, -0.2) is 92.7 Å². The largest absolute Gasteiger partial charge is 0.748 e. The van der Waals surface area contributed by atoms with Crippen molar-refractivity contribution in [3.8, 4) is 0 Å². The van der Waals surface area contributed by atoms with E-state index in [0.29, 0.717) is 13.1 Å². The smallest absolute Gasteiger partial charge is 0.226 e. The zero-order valence-electron chi connectivity index (χ0n) is 13.4. The van der Waals surface area contributed by atoms with Crippen molar-refractivity contribution >= 4 is 25.9 Å². The monoisotopic (exact) mass is 388 g/mol. The Hall–Kier alpha value is -0.790. The summed E-state index contributed by atoms with van der Waals surface area (Å²) in [7, 11) is -8.64. The van der Waals surface area contributed by atoms with Gasteiger partial charge in [-0.05, 0) is 6.92 Å². The second kappa shape index (κ2) is 8.06. The Kier molecular flexibility index (Phi) is 7.14. The summed E-state index contributed by atoms with van der Waals surface area (Å²) in [6.07, 6.45) is -0.0589. The molecule has 0 spiro atoms. The first kappa shape index (κ1) is 21.3. The second-order valence-electron chi connectivity index (χ2n) is 6.20. The number of aliphatic hydroxyl groups excluding tert-OH is 2. The molecule has 0 unspecified atom stereocenters. The number of rotatable bonds is 9. The summed E-state index contributed by atoms with van der Waals surface area (Å²) in [6, 6.07) is 0.